The highest BCUT2D eigenvalue weighted by atomic mass is 16.5. The number of ether oxygens (including phenoxy) is 2. The van der Waals surface area contributed by atoms with Gasteiger partial charge in [0.15, 0.2) is 5.78 Å². The number of hydrogen-bond donors (Lipinski definition) is 0. The first kappa shape index (κ1) is 14.3. The molecule has 0 atom stereocenters. The van der Waals surface area contributed by atoms with E-state index in [1.165, 1.54) is 0 Å². The summed E-state index contributed by atoms with van der Waals surface area (Å²) in [6, 6.07) is 12.7. The summed E-state index contributed by atoms with van der Waals surface area (Å²) in [5, 5.41) is 0. The van der Waals surface area contributed by atoms with Crippen molar-refractivity contribution in [3.05, 3.63) is 64.7 Å². The summed E-state index contributed by atoms with van der Waals surface area (Å²) >= 11 is 0. The number of fused-ring (bicyclic) bond motifs is 2. The molecule has 0 bridgehead atoms. The van der Waals surface area contributed by atoms with Crippen molar-refractivity contribution in [1.29, 1.82) is 0 Å². The SMILES string of the molecule is CCOC(=O)Cc1ccc2c(c1)C(=O)c1ccccc1CO2. The Kier molecular flexibility index (Phi) is 3.92. The predicted molar refractivity (Wildman–Crippen MR) is 81.0 cm³/mol. The van der Waals surface area contributed by atoms with Gasteiger partial charge in [-0.05, 0) is 24.6 Å². The maximum Gasteiger partial charge on any atom is 0.310 e. The van der Waals surface area contributed by atoms with Gasteiger partial charge in [-0.15, -0.1) is 0 Å². The molecule has 0 aromatic heterocycles. The van der Waals surface area contributed by atoms with Gasteiger partial charge in [-0.1, -0.05) is 30.3 Å². The van der Waals surface area contributed by atoms with Crippen LogP contribution in [0.4, 0.5) is 0 Å². The molecule has 1 aliphatic rings. The average Bonchev–Trinajstić information content (AvgIpc) is 2.66. The van der Waals surface area contributed by atoms with Crippen LogP contribution >= 0.6 is 0 Å². The second-order valence-corrected chi connectivity index (χ2v) is 5.09. The van der Waals surface area contributed by atoms with Crippen molar-refractivity contribution < 1.29 is 19.1 Å². The lowest BCUT2D eigenvalue weighted by molar-refractivity contribution is -0.142. The van der Waals surface area contributed by atoms with E-state index in [1.807, 2.05) is 18.2 Å². The summed E-state index contributed by atoms with van der Waals surface area (Å²) in [5.74, 6) is 0.174. The minimum Gasteiger partial charge on any atom is -0.488 e. The maximum atomic E-state index is 12.7. The minimum atomic E-state index is -0.301. The van der Waals surface area contributed by atoms with Crippen molar-refractivity contribution in [2.24, 2.45) is 0 Å². The molecule has 2 aromatic rings. The Labute approximate surface area is 128 Å². The fourth-order valence-electron chi connectivity index (χ4n) is 2.54. The molecule has 2 aromatic carbocycles. The summed E-state index contributed by atoms with van der Waals surface area (Å²) in [5.41, 5.74) is 2.76. The van der Waals surface area contributed by atoms with E-state index in [2.05, 4.69) is 0 Å². The van der Waals surface area contributed by atoms with Crippen LogP contribution in [-0.4, -0.2) is 18.4 Å². The number of rotatable bonds is 3. The summed E-state index contributed by atoms with van der Waals surface area (Å²) in [6.45, 7) is 2.48. The number of carbonyl (C=O) groups excluding carboxylic acids is 2. The Balaban J connectivity index is 1.96. The number of hydrogen-bond acceptors (Lipinski definition) is 4. The molecule has 112 valence electrons. The molecule has 0 saturated carbocycles. The molecule has 0 unspecified atom stereocenters. The summed E-state index contributed by atoms with van der Waals surface area (Å²) in [7, 11) is 0. The molecule has 0 N–H and O–H groups in total. The second kappa shape index (κ2) is 6.02. The molecule has 0 spiro atoms. The third-order valence-corrected chi connectivity index (χ3v) is 3.59. The van der Waals surface area contributed by atoms with Crippen LogP contribution in [0.25, 0.3) is 0 Å². The van der Waals surface area contributed by atoms with E-state index in [1.54, 1.807) is 31.2 Å². The fourth-order valence-corrected chi connectivity index (χ4v) is 2.54. The molecule has 4 heteroatoms. The molecule has 0 amide bonds. The van der Waals surface area contributed by atoms with Gasteiger partial charge >= 0.3 is 5.97 Å². The molecule has 0 saturated heterocycles. The molecular formula is C18H16O4. The van der Waals surface area contributed by atoms with E-state index < -0.39 is 0 Å². The van der Waals surface area contributed by atoms with Crippen LogP contribution in [0.1, 0.15) is 34.0 Å². The van der Waals surface area contributed by atoms with Gasteiger partial charge in [-0.25, -0.2) is 0 Å². The lowest BCUT2D eigenvalue weighted by Gasteiger charge is -2.08. The molecule has 0 radical (unpaired) electrons. The summed E-state index contributed by atoms with van der Waals surface area (Å²) in [4.78, 5) is 24.3. The van der Waals surface area contributed by atoms with E-state index in [0.29, 0.717) is 30.1 Å². The van der Waals surface area contributed by atoms with E-state index >= 15 is 0 Å². The molecule has 22 heavy (non-hydrogen) atoms. The van der Waals surface area contributed by atoms with Crippen molar-refractivity contribution in [1.82, 2.24) is 0 Å². The Morgan fingerprint density at radius 1 is 1.18 bits per heavy atom. The summed E-state index contributed by atoms with van der Waals surface area (Å²) < 4.78 is 10.7. The number of benzene rings is 2. The van der Waals surface area contributed by atoms with Crippen LogP contribution in [0.15, 0.2) is 42.5 Å². The normalized spacial score (nSPS) is 12.7. The zero-order chi connectivity index (χ0) is 15.5. The first-order chi connectivity index (χ1) is 10.7. The van der Waals surface area contributed by atoms with Crippen LogP contribution in [0.5, 0.6) is 5.75 Å². The van der Waals surface area contributed by atoms with Gasteiger partial charge in [0.2, 0.25) is 0 Å². The van der Waals surface area contributed by atoms with Crippen LogP contribution in [0, 0.1) is 0 Å². The lowest BCUT2D eigenvalue weighted by Crippen LogP contribution is -2.09. The maximum absolute atomic E-state index is 12.7. The van der Waals surface area contributed by atoms with Gasteiger partial charge in [0.1, 0.15) is 12.4 Å². The van der Waals surface area contributed by atoms with Crippen molar-refractivity contribution in [2.45, 2.75) is 20.0 Å². The highest BCUT2D eigenvalue weighted by Gasteiger charge is 2.22. The monoisotopic (exact) mass is 296 g/mol. The third kappa shape index (κ3) is 2.72. The topological polar surface area (TPSA) is 52.6 Å². The lowest BCUT2D eigenvalue weighted by atomic mass is 9.97. The third-order valence-electron chi connectivity index (χ3n) is 3.59. The predicted octanol–water partition coefficient (Wildman–Crippen LogP) is 2.92. The standard InChI is InChI=1S/C18H16O4/c1-2-21-17(19)10-12-7-8-16-15(9-12)18(20)14-6-4-3-5-13(14)11-22-16/h3-9H,2,10-11H2,1H3. The van der Waals surface area contributed by atoms with Crippen molar-refractivity contribution in [3.63, 3.8) is 0 Å². The fraction of sp³-hybridized carbons (Fsp3) is 0.222. The zero-order valence-electron chi connectivity index (χ0n) is 12.3. The van der Waals surface area contributed by atoms with Crippen molar-refractivity contribution in [3.8, 4) is 5.75 Å². The average molecular weight is 296 g/mol. The first-order valence-electron chi connectivity index (χ1n) is 7.23. The van der Waals surface area contributed by atoms with E-state index in [0.717, 1.165) is 11.1 Å². The van der Waals surface area contributed by atoms with E-state index in [-0.39, 0.29) is 18.2 Å². The van der Waals surface area contributed by atoms with Crippen molar-refractivity contribution in [2.75, 3.05) is 6.61 Å². The van der Waals surface area contributed by atoms with Crippen LogP contribution in [-0.2, 0) is 22.6 Å². The zero-order valence-corrected chi connectivity index (χ0v) is 12.3. The Bertz CT molecular complexity index is 734. The van der Waals surface area contributed by atoms with Gasteiger partial charge < -0.3 is 9.47 Å². The number of ketones is 1. The van der Waals surface area contributed by atoms with E-state index in [9.17, 15) is 9.59 Å². The quantitative estimate of drug-likeness (QED) is 0.817. The molecule has 3 rings (SSSR count). The van der Waals surface area contributed by atoms with Crippen molar-refractivity contribution >= 4 is 11.8 Å². The van der Waals surface area contributed by atoms with Crippen LogP contribution < -0.4 is 4.74 Å². The second-order valence-electron chi connectivity index (χ2n) is 5.09. The molecule has 1 aliphatic heterocycles. The molecule has 4 nitrogen and oxygen atoms in total. The van der Waals surface area contributed by atoms with Gasteiger partial charge in [0, 0.05) is 11.1 Å². The Hall–Kier alpha value is -2.62. The van der Waals surface area contributed by atoms with Gasteiger partial charge in [-0.2, -0.15) is 0 Å². The van der Waals surface area contributed by atoms with Crippen LogP contribution in [0.2, 0.25) is 0 Å². The van der Waals surface area contributed by atoms with E-state index in [4.69, 9.17) is 9.47 Å². The molecular weight excluding hydrogens is 280 g/mol. The first-order valence-corrected chi connectivity index (χ1v) is 7.23. The smallest absolute Gasteiger partial charge is 0.310 e. The van der Waals surface area contributed by atoms with Gasteiger partial charge in [0.05, 0.1) is 18.6 Å². The van der Waals surface area contributed by atoms with Gasteiger partial charge in [0.25, 0.3) is 0 Å². The van der Waals surface area contributed by atoms with Gasteiger partial charge in [-0.3, -0.25) is 9.59 Å². The molecule has 0 fully saturated rings. The van der Waals surface area contributed by atoms with Crippen LogP contribution in [0.3, 0.4) is 0 Å². The molecule has 0 aliphatic carbocycles. The largest absolute Gasteiger partial charge is 0.488 e. The number of carbonyl (C=O) groups is 2. The highest BCUT2D eigenvalue weighted by molar-refractivity contribution is 6.12. The Morgan fingerprint density at radius 3 is 2.82 bits per heavy atom. The highest BCUT2D eigenvalue weighted by Crippen LogP contribution is 2.29. The molecule has 1 heterocycles. The minimum absolute atomic E-state index is 0.0752. The Morgan fingerprint density at radius 2 is 2.00 bits per heavy atom. The number of esters is 1. The summed E-state index contributed by atoms with van der Waals surface area (Å²) in [6.07, 6.45) is 0.149.